The third-order valence-electron chi connectivity index (χ3n) is 2.09. The monoisotopic (exact) mass is 225 g/mol. The molecule has 0 bridgehead atoms. The number of hydrogen-bond acceptors (Lipinski definition) is 5. The predicted octanol–water partition coefficient (Wildman–Crippen LogP) is 1.06. The maximum Gasteiger partial charge on any atom is 0.339 e. The first kappa shape index (κ1) is 10.2. The lowest BCUT2D eigenvalue weighted by atomic mass is 10.1. The number of nitro benzene ring substituents is 1. The first-order valence-electron chi connectivity index (χ1n) is 4.41. The Hall–Kier alpha value is -2.31. The predicted molar refractivity (Wildman–Crippen MR) is 51.0 cm³/mol. The number of fused-ring (bicyclic) bond motifs is 1. The third-order valence-corrected chi connectivity index (χ3v) is 2.09. The Labute approximate surface area is 89.4 Å². The van der Waals surface area contributed by atoms with E-state index in [1.165, 1.54) is 0 Å². The lowest BCUT2D eigenvalue weighted by Crippen LogP contribution is -2.18. The van der Waals surface area contributed by atoms with Gasteiger partial charge in [-0.1, -0.05) is 0 Å². The molecule has 0 amide bonds. The van der Waals surface area contributed by atoms with Crippen LogP contribution in [-0.2, 0) is 0 Å². The van der Waals surface area contributed by atoms with Crippen LogP contribution in [0.5, 0.6) is 11.5 Å². The number of benzene rings is 1. The molecule has 0 aliphatic carbocycles. The van der Waals surface area contributed by atoms with Gasteiger partial charge in [-0.05, 0) is 6.07 Å². The molecule has 2 rings (SSSR count). The smallest absolute Gasteiger partial charge is 0.339 e. The molecular formula is C9H7NO6. The molecule has 7 heteroatoms. The van der Waals surface area contributed by atoms with E-state index in [2.05, 4.69) is 0 Å². The number of rotatable bonds is 2. The fourth-order valence-corrected chi connectivity index (χ4v) is 1.43. The number of aromatic carboxylic acids is 1. The largest absolute Gasteiger partial charge is 0.485 e. The van der Waals surface area contributed by atoms with Crippen molar-refractivity contribution >= 4 is 11.7 Å². The minimum Gasteiger partial charge on any atom is -0.485 e. The maximum atomic E-state index is 10.8. The summed E-state index contributed by atoms with van der Waals surface area (Å²) in [7, 11) is 0. The minimum absolute atomic E-state index is 0.0760. The Balaban J connectivity index is 2.63. The zero-order chi connectivity index (χ0) is 11.7. The molecule has 7 nitrogen and oxygen atoms in total. The van der Waals surface area contributed by atoms with Gasteiger partial charge >= 0.3 is 11.7 Å². The van der Waals surface area contributed by atoms with Gasteiger partial charge in [0.1, 0.15) is 18.8 Å². The molecule has 1 aromatic rings. The molecule has 0 unspecified atom stereocenters. The number of hydrogen-bond donors (Lipinski definition) is 1. The van der Waals surface area contributed by atoms with Crippen LogP contribution in [0.3, 0.4) is 0 Å². The van der Waals surface area contributed by atoms with Gasteiger partial charge in [0.05, 0.1) is 4.92 Å². The Morgan fingerprint density at radius 3 is 2.50 bits per heavy atom. The van der Waals surface area contributed by atoms with Gasteiger partial charge in [-0.15, -0.1) is 0 Å². The van der Waals surface area contributed by atoms with Gasteiger partial charge in [0.15, 0.2) is 5.75 Å². The summed E-state index contributed by atoms with van der Waals surface area (Å²) in [5.41, 5.74) is -0.431. The normalized spacial score (nSPS) is 13.2. The van der Waals surface area contributed by atoms with Crippen molar-refractivity contribution in [2.75, 3.05) is 13.2 Å². The molecule has 0 fully saturated rings. The molecule has 1 heterocycles. The molecule has 1 aliphatic heterocycles. The van der Waals surface area contributed by atoms with Crippen molar-refractivity contribution in [2.24, 2.45) is 0 Å². The molecule has 16 heavy (non-hydrogen) atoms. The van der Waals surface area contributed by atoms with Crippen molar-refractivity contribution in [3.63, 3.8) is 0 Å². The summed E-state index contributed by atoms with van der Waals surface area (Å²) < 4.78 is 10.2. The molecule has 0 atom stereocenters. The van der Waals surface area contributed by atoms with Crippen molar-refractivity contribution < 1.29 is 24.3 Å². The van der Waals surface area contributed by atoms with Crippen LogP contribution < -0.4 is 9.47 Å². The molecule has 1 N–H and O–H groups in total. The van der Waals surface area contributed by atoms with Crippen LogP contribution in [0.2, 0.25) is 0 Å². The highest BCUT2D eigenvalue weighted by atomic mass is 16.6. The van der Waals surface area contributed by atoms with E-state index >= 15 is 0 Å². The highest BCUT2D eigenvalue weighted by Crippen LogP contribution is 2.41. The maximum absolute atomic E-state index is 10.8. The fraction of sp³-hybridized carbons (Fsp3) is 0.222. The number of carboxylic acids is 1. The Morgan fingerprint density at radius 1 is 1.31 bits per heavy atom. The van der Waals surface area contributed by atoms with Crippen LogP contribution in [0, 0.1) is 10.1 Å². The Morgan fingerprint density at radius 2 is 1.94 bits per heavy atom. The fourth-order valence-electron chi connectivity index (χ4n) is 1.43. The van der Waals surface area contributed by atoms with Crippen molar-refractivity contribution in [1.29, 1.82) is 0 Å². The van der Waals surface area contributed by atoms with E-state index in [9.17, 15) is 14.9 Å². The second kappa shape index (κ2) is 3.69. The molecule has 0 radical (unpaired) electrons. The van der Waals surface area contributed by atoms with Gasteiger partial charge in [0, 0.05) is 6.07 Å². The highest BCUT2D eigenvalue weighted by Gasteiger charge is 2.28. The van der Waals surface area contributed by atoms with Gasteiger partial charge in [-0.25, -0.2) is 4.79 Å². The Kier molecular flexibility index (Phi) is 2.35. The first-order valence-corrected chi connectivity index (χ1v) is 4.41. The van der Waals surface area contributed by atoms with E-state index in [4.69, 9.17) is 14.6 Å². The van der Waals surface area contributed by atoms with E-state index in [1.807, 2.05) is 0 Å². The van der Waals surface area contributed by atoms with Crippen molar-refractivity contribution in [3.8, 4) is 11.5 Å². The topological polar surface area (TPSA) is 98.9 Å². The number of carbonyl (C=O) groups is 1. The van der Waals surface area contributed by atoms with Gasteiger partial charge < -0.3 is 14.6 Å². The number of carboxylic acid groups (broad SMARTS) is 1. The lowest BCUT2D eigenvalue weighted by molar-refractivity contribution is -0.386. The van der Waals surface area contributed by atoms with Crippen LogP contribution >= 0.6 is 0 Å². The number of nitro groups is 1. The average Bonchev–Trinajstić information content (AvgIpc) is 2.27. The van der Waals surface area contributed by atoms with Crippen LogP contribution in [0.15, 0.2) is 12.1 Å². The molecule has 1 aliphatic rings. The second-order valence-corrected chi connectivity index (χ2v) is 3.05. The summed E-state index contributed by atoms with van der Waals surface area (Å²) in [6.07, 6.45) is 0. The lowest BCUT2D eigenvalue weighted by Gasteiger charge is -2.19. The van der Waals surface area contributed by atoms with Crippen LogP contribution in [0.25, 0.3) is 0 Å². The second-order valence-electron chi connectivity index (χ2n) is 3.05. The van der Waals surface area contributed by atoms with E-state index < -0.39 is 10.9 Å². The summed E-state index contributed by atoms with van der Waals surface area (Å²) in [5, 5.41) is 19.5. The van der Waals surface area contributed by atoms with Crippen LogP contribution in [-0.4, -0.2) is 29.2 Å². The van der Waals surface area contributed by atoms with Gasteiger partial charge in [-0.2, -0.15) is 0 Å². The molecule has 0 saturated heterocycles. The zero-order valence-corrected chi connectivity index (χ0v) is 8.00. The SMILES string of the molecule is O=C(O)c1ccc([N+](=O)[O-])c2c1OCCO2. The number of ether oxygens (including phenoxy) is 2. The molecule has 0 aromatic heterocycles. The third kappa shape index (κ3) is 1.52. The molecule has 0 spiro atoms. The zero-order valence-electron chi connectivity index (χ0n) is 8.00. The summed E-state index contributed by atoms with van der Waals surface area (Å²) >= 11 is 0. The standard InChI is InChI=1S/C9H7NO6/c11-9(12)5-1-2-6(10(13)14)8-7(5)15-3-4-16-8/h1-2H,3-4H2,(H,11,12). The van der Waals surface area contributed by atoms with Crippen LogP contribution in [0.4, 0.5) is 5.69 Å². The summed E-state index contributed by atoms with van der Waals surface area (Å²) in [6.45, 7) is 0.339. The first-order chi connectivity index (χ1) is 7.61. The molecule has 0 saturated carbocycles. The van der Waals surface area contributed by atoms with E-state index in [1.54, 1.807) is 0 Å². The molecular weight excluding hydrogens is 218 g/mol. The van der Waals surface area contributed by atoms with E-state index in [0.29, 0.717) is 0 Å². The summed E-state index contributed by atoms with van der Waals surface area (Å²) in [4.78, 5) is 20.9. The summed E-state index contributed by atoms with van der Waals surface area (Å²) in [5.74, 6) is -1.40. The quantitative estimate of drug-likeness (QED) is 0.596. The van der Waals surface area contributed by atoms with Crippen molar-refractivity contribution in [1.82, 2.24) is 0 Å². The van der Waals surface area contributed by atoms with Gasteiger partial charge in [0.25, 0.3) is 0 Å². The number of nitrogens with zero attached hydrogens (tertiary/aromatic N) is 1. The summed E-state index contributed by atoms with van der Waals surface area (Å²) in [6, 6.07) is 2.23. The minimum atomic E-state index is -1.21. The van der Waals surface area contributed by atoms with Gasteiger partial charge in [0.2, 0.25) is 5.75 Å². The molecule has 84 valence electrons. The van der Waals surface area contributed by atoms with Gasteiger partial charge in [-0.3, -0.25) is 10.1 Å². The van der Waals surface area contributed by atoms with Crippen LogP contribution in [0.1, 0.15) is 10.4 Å². The van der Waals surface area contributed by atoms with Crippen molar-refractivity contribution in [3.05, 3.63) is 27.8 Å². The highest BCUT2D eigenvalue weighted by molar-refractivity contribution is 5.93. The average molecular weight is 225 g/mol. The van der Waals surface area contributed by atoms with E-state index in [-0.39, 0.29) is 36.0 Å². The van der Waals surface area contributed by atoms with Crippen molar-refractivity contribution in [2.45, 2.75) is 0 Å². The van der Waals surface area contributed by atoms with E-state index in [0.717, 1.165) is 12.1 Å². The Bertz CT molecular complexity index is 426. The molecule has 1 aromatic carbocycles.